The van der Waals surface area contributed by atoms with E-state index in [2.05, 4.69) is 10.3 Å². The number of fused-ring (bicyclic) bond motifs is 1. The average molecular weight is 226 g/mol. The number of aromatic nitrogens is 3. The largest absolute Gasteiger partial charge is 0.244 e. The van der Waals surface area contributed by atoms with Crippen LogP contribution in [-0.4, -0.2) is 29.2 Å². The Kier molecular flexibility index (Phi) is 2.41. The van der Waals surface area contributed by atoms with Gasteiger partial charge < -0.3 is 0 Å². The lowest BCUT2D eigenvalue weighted by Crippen LogP contribution is -2.20. The van der Waals surface area contributed by atoms with E-state index in [0.29, 0.717) is 0 Å². The third-order valence-corrected chi connectivity index (χ3v) is 2.76. The van der Waals surface area contributed by atoms with E-state index in [4.69, 9.17) is 5.14 Å². The third kappa shape index (κ3) is 2.31. The molecule has 0 aliphatic carbocycles. The first-order valence-corrected chi connectivity index (χ1v) is 6.06. The van der Waals surface area contributed by atoms with Crippen molar-refractivity contribution in [3.8, 4) is 0 Å². The zero-order valence-electron chi connectivity index (χ0n) is 7.87. The van der Waals surface area contributed by atoms with E-state index < -0.39 is 10.0 Å². The summed E-state index contributed by atoms with van der Waals surface area (Å²) in [6, 6.07) is 7.34. The van der Waals surface area contributed by atoms with Crippen molar-refractivity contribution in [1.82, 2.24) is 15.0 Å². The molecular weight excluding hydrogens is 216 g/mol. The monoisotopic (exact) mass is 226 g/mol. The first kappa shape index (κ1) is 10.1. The van der Waals surface area contributed by atoms with Gasteiger partial charge >= 0.3 is 0 Å². The maximum absolute atomic E-state index is 10.8. The minimum absolute atomic E-state index is 0.139. The molecule has 1 aromatic carbocycles. The number of para-hydroxylation sites is 1. The number of aryl methyl sites for hydroxylation is 1. The molecule has 1 heterocycles. The van der Waals surface area contributed by atoms with Crippen molar-refractivity contribution in [1.29, 1.82) is 0 Å². The number of sulfonamides is 1. The van der Waals surface area contributed by atoms with Crippen LogP contribution in [0.2, 0.25) is 0 Å². The van der Waals surface area contributed by atoms with Crippen molar-refractivity contribution in [2.75, 3.05) is 5.75 Å². The molecule has 6 nitrogen and oxygen atoms in total. The molecule has 0 saturated carbocycles. The zero-order valence-corrected chi connectivity index (χ0v) is 8.68. The van der Waals surface area contributed by atoms with E-state index in [0.717, 1.165) is 11.0 Å². The molecule has 0 aliphatic heterocycles. The number of rotatable bonds is 3. The molecule has 80 valence electrons. The molecule has 0 unspecified atom stereocenters. The molecule has 0 saturated heterocycles. The Morgan fingerprint density at radius 1 is 1.33 bits per heavy atom. The second-order valence-corrected chi connectivity index (χ2v) is 4.90. The van der Waals surface area contributed by atoms with Gasteiger partial charge in [-0.3, -0.25) is 0 Å². The smallest absolute Gasteiger partial charge is 0.210 e. The summed E-state index contributed by atoms with van der Waals surface area (Å²) < 4.78 is 23.1. The fourth-order valence-electron chi connectivity index (χ4n) is 1.30. The number of benzene rings is 1. The first-order valence-electron chi connectivity index (χ1n) is 4.35. The summed E-state index contributed by atoms with van der Waals surface area (Å²) in [7, 11) is -3.46. The molecule has 0 radical (unpaired) electrons. The van der Waals surface area contributed by atoms with Gasteiger partial charge in [-0.1, -0.05) is 17.3 Å². The van der Waals surface area contributed by atoms with Crippen LogP contribution in [-0.2, 0) is 16.6 Å². The Labute approximate surface area is 86.7 Å². The third-order valence-electron chi connectivity index (χ3n) is 2.01. The Morgan fingerprint density at radius 2 is 2.07 bits per heavy atom. The van der Waals surface area contributed by atoms with Crippen LogP contribution in [0.25, 0.3) is 11.0 Å². The van der Waals surface area contributed by atoms with Crippen molar-refractivity contribution >= 4 is 21.1 Å². The molecule has 7 heteroatoms. The Bertz CT molecular complexity index is 575. The molecule has 0 amide bonds. The van der Waals surface area contributed by atoms with Crippen molar-refractivity contribution in [2.45, 2.75) is 6.54 Å². The number of nitrogens with two attached hydrogens (primary N) is 1. The summed E-state index contributed by atoms with van der Waals surface area (Å²) in [5, 5.41) is 12.6. The molecule has 0 spiro atoms. The second-order valence-electron chi connectivity index (χ2n) is 3.17. The predicted octanol–water partition coefficient (Wildman–Crippen LogP) is -0.280. The summed E-state index contributed by atoms with van der Waals surface area (Å²) in [6.45, 7) is 0.222. The van der Waals surface area contributed by atoms with Crippen LogP contribution in [0.3, 0.4) is 0 Å². The van der Waals surface area contributed by atoms with Gasteiger partial charge in [0.05, 0.1) is 17.8 Å². The summed E-state index contributed by atoms with van der Waals surface area (Å²) in [5.41, 5.74) is 1.55. The van der Waals surface area contributed by atoms with Crippen molar-refractivity contribution in [2.24, 2.45) is 5.14 Å². The van der Waals surface area contributed by atoms with Crippen molar-refractivity contribution in [3.05, 3.63) is 24.3 Å². The predicted molar refractivity (Wildman–Crippen MR) is 55.5 cm³/mol. The molecule has 0 aliphatic rings. The number of nitrogens with zero attached hydrogens (tertiary/aromatic N) is 3. The molecule has 0 bridgehead atoms. The Morgan fingerprint density at radius 3 is 2.80 bits per heavy atom. The maximum atomic E-state index is 10.8. The van der Waals surface area contributed by atoms with E-state index in [1.807, 2.05) is 24.3 Å². The Balaban J connectivity index is 2.29. The van der Waals surface area contributed by atoms with E-state index in [9.17, 15) is 8.42 Å². The van der Waals surface area contributed by atoms with E-state index in [-0.39, 0.29) is 12.3 Å². The van der Waals surface area contributed by atoms with Crippen LogP contribution in [0.15, 0.2) is 24.3 Å². The molecule has 0 atom stereocenters. The minimum atomic E-state index is -3.46. The SMILES string of the molecule is NS(=O)(=O)CCn1nnc2ccccc21. The highest BCUT2D eigenvalue weighted by atomic mass is 32.2. The number of hydrogen-bond acceptors (Lipinski definition) is 4. The average Bonchev–Trinajstić information content (AvgIpc) is 2.57. The van der Waals surface area contributed by atoms with Crippen LogP contribution in [0, 0.1) is 0 Å². The van der Waals surface area contributed by atoms with Crippen LogP contribution in [0.1, 0.15) is 0 Å². The zero-order chi connectivity index (χ0) is 10.9. The van der Waals surface area contributed by atoms with Crippen molar-refractivity contribution < 1.29 is 8.42 Å². The van der Waals surface area contributed by atoms with Gasteiger partial charge in [0, 0.05) is 0 Å². The topological polar surface area (TPSA) is 90.9 Å². The highest BCUT2D eigenvalue weighted by molar-refractivity contribution is 7.89. The standard InChI is InChI=1S/C8H10N4O2S/c9-15(13,14)6-5-12-8-4-2-1-3-7(8)10-11-12/h1-4H,5-6H2,(H2,9,13,14). The summed E-state index contributed by atoms with van der Waals surface area (Å²) in [6.07, 6.45) is 0. The molecule has 2 aromatic rings. The number of hydrogen-bond donors (Lipinski definition) is 1. The fraction of sp³-hybridized carbons (Fsp3) is 0.250. The minimum Gasteiger partial charge on any atom is -0.244 e. The van der Waals surface area contributed by atoms with Gasteiger partial charge in [-0.25, -0.2) is 18.2 Å². The highest BCUT2D eigenvalue weighted by Gasteiger charge is 2.07. The van der Waals surface area contributed by atoms with Crippen LogP contribution in [0.4, 0.5) is 0 Å². The van der Waals surface area contributed by atoms with Gasteiger partial charge in [-0.05, 0) is 12.1 Å². The summed E-state index contributed by atoms with van der Waals surface area (Å²) in [4.78, 5) is 0. The Hall–Kier alpha value is -1.47. The maximum Gasteiger partial charge on any atom is 0.210 e. The molecule has 2 N–H and O–H groups in total. The van der Waals surface area contributed by atoms with Gasteiger partial charge in [0.25, 0.3) is 0 Å². The van der Waals surface area contributed by atoms with Gasteiger partial charge in [-0.15, -0.1) is 5.10 Å². The van der Waals surface area contributed by atoms with Crippen LogP contribution in [0.5, 0.6) is 0 Å². The summed E-state index contributed by atoms with van der Waals surface area (Å²) >= 11 is 0. The molecule has 1 aromatic heterocycles. The van der Waals surface area contributed by atoms with Gasteiger partial charge in [0.15, 0.2) is 0 Å². The normalized spacial score (nSPS) is 12.1. The molecule has 15 heavy (non-hydrogen) atoms. The lowest BCUT2D eigenvalue weighted by molar-refractivity contribution is 0.581. The summed E-state index contributed by atoms with van der Waals surface area (Å²) in [5.74, 6) is -0.139. The van der Waals surface area contributed by atoms with E-state index in [1.54, 1.807) is 0 Å². The van der Waals surface area contributed by atoms with Crippen molar-refractivity contribution in [3.63, 3.8) is 0 Å². The number of primary sulfonamides is 1. The van der Waals surface area contributed by atoms with Gasteiger partial charge in [0.2, 0.25) is 10.0 Å². The fourth-order valence-corrected chi connectivity index (χ4v) is 1.72. The van der Waals surface area contributed by atoms with Crippen LogP contribution >= 0.6 is 0 Å². The van der Waals surface area contributed by atoms with Gasteiger partial charge in [0.1, 0.15) is 5.52 Å². The molecular formula is C8H10N4O2S. The quantitative estimate of drug-likeness (QED) is 0.779. The lowest BCUT2D eigenvalue weighted by atomic mass is 10.3. The first-order chi connectivity index (χ1) is 7.06. The second kappa shape index (κ2) is 3.59. The van der Waals surface area contributed by atoms with Crippen LogP contribution < -0.4 is 5.14 Å². The molecule has 2 rings (SSSR count). The lowest BCUT2D eigenvalue weighted by Gasteiger charge is -1.99. The molecule has 0 fully saturated rings. The highest BCUT2D eigenvalue weighted by Crippen LogP contribution is 2.09. The van der Waals surface area contributed by atoms with E-state index in [1.165, 1.54) is 4.68 Å². The van der Waals surface area contributed by atoms with E-state index >= 15 is 0 Å². The van der Waals surface area contributed by atoms with Gasteiger partial charge in [-0.2, -0.15) is 0 Å².